The Balaban J connectivity index is 1.46. The molecule has 0 saturated carbocycles. The lowest BCUT2D eigenvalue weighted by molar-refractivity contribution is -0.135. The number of anilines is 1. The monoisotopic (exact) mass is 366 g/mol. The molecule has 0 aliphatic carbocycles. The Bertz CT molecular complexity index is 947. The van der Waals surface area contributed by atoms with Gasteiger partial charge < -0.3 is 24.5 Å². The largest absolute Gasteiger partial charge is 0.489 e. The minimum absolute atomic E-state index is 0.0917. The van der Waals surface area contributed by atoms with Crippen LogP contribution in [0.25, 0.3) is 16.9 Å². The minimum Gasteiger partial charge on any atom is -0.489 e. The number of fused-ring (bicyclic) bond motifs is 1. The Labute approximate surface area is 157 Å². The van der Waals surface area contributed by atoms with E-state index < -0.39 is 0 Å². The summed E-state index contributed by atoms with van der Waals surface area (Å²) in [5.74, 6) is 0.747. The molecule has 2 N–H and O–H groups in total. The van der Waals surface area contributed by atoms with Crippen molar-refractivity contribution in [1.29, 1.82) is 0 Å². The first-order valence-electron chi connectivity index (χ1n) is 9.03. The number of hydrogen-bond acceptors (Lipinski definition) is 5. The minimum atomic E-state index is 0.0917. The van der Waals surface area contributed by atoms with Crippen molar-refractivity contribution in [3.63, 3.8) is 0 Å². The van der Waals surface area contributed by atoms with Crippen LogP contribution in [-0.4, -0.2) is 53.1 Å². The van der Waals surface area contributed by atoms with E-state index in [0.717, 1.165) is 11.3 Å². The molecule has 3 heterocycles. The van der Waals surface area contributed by atoms with E-state index in [4.69, 9.17) is 15.2 Å². The molecule has 140 valence electrons. The van der Waals surface area contributed by atoms with Gasteiger partial charge >= 0.3 is 0 Å². The van der Waals surface area contributed by atoms with Gasteiger partial charge in [-0.15, -0.1) is 0 Å². The Morgan fingerprint density at radius 1 is 1.22 bits per heavy atom. The number of nitrogens with two attached hydrogens (primary N) is 1. The smallest absolute Gasteiger partial charge is 0.226 e. The standard InChI is InChI=1S/C20H22N4O3/c21-16-4-1-3-15(13-16)17-14-24-7-2-5-18(20(24)22-17)27-10-6-19(25)23-8-11-26-12-9-23/h1-5,7,13-14H,6,8-12,21H2. The van der Waals surface area contributed by atoms with Gasteiger partial charge in [-0.3, -0.25) is 4.79 Å². The molecule has 4 rings (SSSR count). The molecular formula is C20H22N4O3. The molecule has 0 unspecified atom stereocenters. The number of ether oxygens (including phenoxy) is 2. The molecule has 1 fully saturated rings. The van der Waals surface area contributed by atoms with E-state index in [-0.39, 0.29) is 5.91 Å². The number of benzene rings is 1. The van der Waals surface area contributed by atoms with Gasteiger partial charge in [0, 0.05) is 36.7 Å². The molecule has 1 aliphatic rings. The van der Waals surface area contributed by atoms with Crippen LogP contribution in [0, 0.1) is 0 Å². The summed E-state index contributed by atoms with van der Waals surface area (Å²) in [6.07, 6.45) is 4.20. The highest BCUT2D eigenvalue weighted by molar-refractivity contribution is 5.76. The highest BCUT2D eigenvalue weighted by Crippen LogP contribution is 2.25. The topological polar surface area (TPSA) is 82.1 Å². The van der Waals surface area contributed by atoms with Crippen LogP contribution in [0.2, 0.25) is 0 Å². The van der Waals surface area contributed by atoms with Crippen LogP contribution < -0.4 is 10.5 Å². The third kappa shape index (κ3) is 3.88. The summed E-state index contributed by atoms with van der Waals surface area (Å²) in [7, 11) is 0. The van der Waals surface area contributed by atoms with Gasteiger partial charge in [-0.05, 0) is 24.3 Å². The first-order valence-corrected chi connectivity index (χ1v) is 9.03. The fraction of sp³-hybridized carbons (Fsp3) is 0.300. The van der Waals surface area contributed by atoms with E-state index in [1.807, 2.05) is 58.1 Å². The zero-order valence-electron chi connectivity index (χ0n) is 15.0. The number of rotatable bonds is 5. The predicted molar refractivity (Wildman–Crippen MR) is 103 cm³/mol. The van der Waals surface area contributed by atoms with Gasteiger partial charge in [-0.2, -0.15) is 0 Å². The summed E-state index contributed by atoms with van der Waals surface area (Å²) in [6.45, 7) is 2.83. The molecule has 27 heavy (non-hydrogen) atoms. The summed E-state index contributed by atoms with van der Waals surface area (Å²) < 4.78 is 13.1. The Kier molecular flexibility index (Phi) is 4.93. The maximum atomic E-state index is 12.2. The number of aromatic nitrogens is 2. The van der Waals surface area contributed by atoms with Gasteiger partial charge in [0.15, 0.2) is 11.4 Å². The van der Waals surface area contributed by atoms with E-state index in [1.165, 1.54) is 0 Å². The molecule has 0 atom stereocenters. The van der Waals surface area contributed by atoms with Crippen LogP contribution in [0.4, 0.5) is 5.69 Å². The van der Waals surface area contributed by atoms with Crippen molar-refractivity contribution < 1.29 is 14.3 Å². The van der Waals surface area contributed by atoms with Gasteiger partial charge in [0.1, 0.15) is 0 Å². The van der Waals surface area contributed by atoms with E-state index in [2.05, 4.69) is 4.98 Å². The second-order valence-corrected chi connectivity index (χ2v) is 6.45. The van der Waals surface area contributed by atoms with E-state index in [1.54, 1.807) is 0 Å². The van der Waals surface area contributed by atoms with Crippen LogP contribution >= 0.6 is 0 Å². The molecule has 1 amide bonds. The average Bonchev–Trinajstić information content (AvgIpc) is 3.14. The fourth-order valence-corrected chi connectivity index (χ4v) is 3.16. The quantitative estimate of drug-likeness (QED) is 0.700. The summed E-state index contributed by atoms with van der Waals surface area (Å²) in [5, 5.41) is 0. The van der Waals surface area contributed by atoms with Crippen LogP contribution in [-0.2, 0) is 9.53 Å². The highest BCUT2D eigenvalue weighted by Gasteiger charge is 2.17. The SMILES string of the molecule is Nc1cccc(-c2cn3cccc(OCCC(=O)N4CCOCC4)c3n2)c1. The third-order valence-electron chi connectivity index (χ3n) is 4.57. The molecule has 1 aromatic carbocycles. The number of carbonyl (C=O) groups excluding carboxylic acids is 1. The van der Waals surface area contributed by atoms with E-state index in [0.29, 0.717) is 56.4 Å². The molecule has 0 spiro atoms. The molecule has 1 aliphatic heterocycles. The molecule has 1 saturated heterocycles. The number of nitrogens with zero attached hydrogens (tertiary/aromatic N) is 3. The second kappa shape index (κ2) is 7.67. The van der Waals surface area contributed by atoms with Crippen molar-refractivity contribution in [2.75, 3.05) is 38.6 Å². The highest BCUT2D eigenvalue weighted by atomic mass is 16.5. The number of hydrogen-bond donors (Lipinski definition) is 1. The van der Waals surface area contributed by atoms with Crippen molar-refractivity contribution in [3.05, 3.63) is 48.8 Å². The first-order chi connectivity index (χ1) is 13.2. The third-order valence-corrected chi connectivity index (χ3v) is 4.57. The Morgan fingerprint density at radius 2 is 2.07 bits per heavy atom. The lowest BCUT2D eigenvalue weighted by Gasteiger charge is -2.26. The zero-order valence-corrected chi connectivity index (χ0v) is 15.0. The molecule has 7 nitrogen and oxygen atoms in total. The lowest BCUT2D eigenvalue weighted by atomic mass is 10.1. The van der Waals surface area contributed by atoms with Gasteiger partial charge in [-0.1, -0.05) is 12.1 Å². The molecule has 0 bridgehead atoms. The maximum Gasteiger partial charge on any atom is 0.226 e. The molecular weight excluding hydrogens is 344 g/mol. The van der Waals surface area contributed by atoms with Gasteiger partial charge in [0.2, 0.25) is 5.91 Å². The number of pyridine rings is 1. The maximum absolute atomic E-state index is 12.2. The first kappa shape index (κ1) is 17.4. The summed E-state index contributed by atoms with van der Waals surface area (Å²) in [6, 6.07) is 11.4. The second-order valence-electron chi connectivity index (χ2n) is 6.45. The van der Waals surface area contributed by atoms with Crippen LogP contribution in [0.1, 0.15) is 6.42 Å². The van der Waals surface area contributed by atoms with Crippen molar-refractivity contribution in [1.82, 2.24) is 14.3 Å². The number of carbonyl (C=O) groups is 1. The van der Waals surface area contributed by atoms with E-state index >= 15 is 0 Å². The molecule has 7 heteroatoms. The Morgan fingerprint density at radius 3 is 2.89 bits per heavy atom. The number of nitrogen functional groups attached to an aromatic ring is 1. The van der Waals surface area contributed by atoms with E-state index in [9.17, 15) is 4.79 Å². The predicted octanol–water partition coefficient (Wildman–Crippen LogP) is 2.21. The van der Waals surface area contributed by atoms with Gasteiger partial charge in [-0.25, -0.2) is 4.98 Å². The van der Waals surface area contributed by atoms with Gasteiger partial charge in [0.25, 0.3) is 0 Å². The number of morpholine rings is 1. The Hall–Kier alpha value is -3.06. The van der Waals surface area contributed by atoms with Crippen molar-refractivity contribution in [2.24, 2.45) is 0 Å². The molecule has 2 aromatic heterocycles. The normalized spacial score (nSPS) is 14.4. The summed E-state index contributed by atoms with van der Waals surface area (Å²) in [5.41, 5.74) is 9.06. The van der Waals surface area contributed by atoms with Gasteiger partial charge in [0.05, 0.1) is 31.9 Å². The average molecular weight is 366 g/mol. The van der Waals surface area contributed by atoms with Crippen LogP contribution in [0.3, 0.4) is 0 Å². The number of amides is 1. The summed E-state index contributed by atoms with van der Waals surface area (Å²) in [4.78, 5) is 18.7. The van der Waals surface area contributed by atoms with Crippen LogP contribution in [0.15, 0.2) is 48.8 Å². The molecule has 3 aromatic rings. The van der Waals surface area contributed by atoms with Crippen molar-refractivity contribution in [3.8, 4) is 17.0 Å². The molecule has 0 radical (unpaired) electrons. The van der Waals surface area contributed by atoms with Crippen molar-refractivity contribution in [2.45, 2.75) is 6.42 Å². The lowest BCUT2D eigenvalue weighted by Crippen LogP contribution is -2.41. The fourth-order valence-electron chi connectivity index (χ4n) is 3.16. The van der Waals surface area contributed by atoms with Crippen LogP contribution in [0.5, 0.6) is 5.75 Å². The van der Waals surface area contributed by atoms with Crippen molar-refractivity contribution >= 4 is 17.2 Å². The number of imidazole rings is 1. The summed E-state index contributed by atoms with van der Waals surface area (Å²) >= 11 is 0. The zero-order chi connectivity index (χ0) is 18.6.